The molecule has 0 aliphatic heterocycles. The van der Waals surface area contributed by atoms with Gasteiger partial charge in [-0.3, -0.25) is 4.79 Å². The van der Waals surface area contributed by atoms with E-state index in [4.69, 9.17) is 4.74 Å². The van der Waals surface area contributed by atoms with Gasteiger partial charge in [-0.2, -0.15) is 0 Å². The van der Waals surface area contributed by atoms with Crippen molar-refractivity contribution in [3.8, 4) is 0 Å². The van der Waals surface area contributed by atoms with Gasteiger partial charge in [-0.05, 0) is 52.9 Å². The monoisotopic (exact) mass is 272 g/mol. The van der Waals surface area contributed by atoms with Gasteiger partial charge < -0.3 is 4.74 Å². The first kappa shape index (κ1) is 20.8. The van der Waals surface area contributed by atoms with Gasteiger partial charge in [0.25, 0.3) is 0 Å². The maximum atomic E-state index is 12.1. The number of rotatable bonds is 4. The lowest BCUT2D eigenvalue weighted by Gasteiger charge is -2.38. The number of hydrogen-bond donors (Lipinski definition) is 0. The molecule has 0 spiro atoms. The second-order valence-electron chi connectivity index (χ2n) is 6.57. The summed E-state index contributed by atoms with van der Waals surface area (Å²) in [6, 6.07) is 0. The minimum Gasteiger partial charge on any atom is -0.459 e. The van der Waals surface area contributed by atoms with E-state index >= 15 is 0 Å². The zero-order valence-electron chi connectivity index (χ0n) is 12.1. The van der Waals surface area contributed by atoms with Crippen molar-refractivity contribution >= 4 is 5.97 Å². The Balaban J connectivity index is 0. The van der Waals surface area contributed by atoms with Gasteiger partial charge in [-0.1, -0.05) is 41.0 Å². The Bertz CT molecular complexity index is 260. The van der Waals surface area contributed by atoms with Crippen LogP contribution in [0.15, 0.2) is 0 Å². The van der Waals surface area contributed by atoms with Crippen molar-refractivity contribution in [1.82, 2.24) is 0 Å². The summed E-state index contributed by atoms with van der Waals surface area (Å²) >= 11 is 0. The predicted octanol–water partition coefficient (Wildman–Crippen LogP) is 5.60. The van der Waals surface area contributed by atoms with Crippen LogP contribution in [0, 0.1) is 11.3 Å². The van der Waals surface area contributed by atoms with Crippen LogP contribution in [-0.4, -0.2) is 11.6 Å². The minimum atomic E-state index is -0.355. The van der Waals surface area contributed by atoms with Crippen molar-refractivity contribution < 1.29 is 9.53 Å². The van der Waals surface area contributed by atoms with E-state index < -0.39 is 0 Å². The molecule has 0 amide bonds. The maximum Gasteiger partial charge on any atom is 0.312 e. The van der Waals surface area contributed by atoms with Crippen LogP contribution in [0.25, 0.3) is 0 Å². The van der Waals surface area contributed by atoms with Crippen LogP contribution in [0.2, 0.25) is 0 Å². The lowest BCUT2D eigenvalue weighted by Crippen LogP contribution is -2.41. The van der Waals surface area contributed by atoms with Gasteiger partial charge >= 0.3 is 5.97 Å². The Morgan fingerprint density at radius 2 is 1.53 bits per heavy atom. The molecule has 1 rings (SSSR count). The van der Waals surface area contributed by atoms with E-state index in [1.165, 1.54) is 32.1 Å². The molecule has 0 heterocycles. The summed E-state index contributed by atoms with van der Waals surface area (Å²) in [5, 5.41) is 0. The summed E-state index contributed by atoms with van der Waals surface area (Å²) in [6.45, 7) is 10.1. The van der Waals surface area contributed by atoms with Crippen molar-refractivity contribution in [2.24, 2.45) is 11.3 Å². The molecular formula is C17H36O2. The van der Waals surface area contributed by atoms with Crippen LogP contribution in [0.4, 0.5) is 0 Å². The third-order valence-corrected chi connectivity index (χ3v) is 4.38. The topological polar surface area (TPSA) is 26.3 Å². The molecule has 0 unspecified atom stereocenters. The average Bonchev–Trinajstić information content (AvgIpc) is 2.29. The van der Waals surface area contributed by atoms with Crippen molar-refractivity contribution in [3.05, 3.63) is 0 Å². The number of carbonyl (C=O) groups is 1. The molecule has 0 saturated heterocycles. The van der Waals surface area contributed by atoms with Crippen LogP contribution >= 0.6 is 0 Å². The smallest absolute Gasteiger partial charge is 0.312 e. The lowest BCUT2D eigenvalue weighted by molar-refractivity contribution is -0.174. The molecule has 19 heavy (non-hydrogen) atoms. The average molecular weight is 272 g/mol. The largest absolute Gasteiger partial charge is 0.459 e. The zero-order chi connectivity index (χ0) is 13.1. The molecule has 0 aromatic rings. The van der Waals surface area contributed by atoms with E-state index in [1.807, 2.05) is 20.8 Å². The van der Waals surface area contributed by atoms with E-state index in [0.29, 0.717) is 5.92 Å². The van der Waals surface area contributed by atoms with Crippen LogP contribution < -0.4 is 0 Å². The molecule has 2 heteroatoms. The molecular weight excluding hydrogens is 236 g/mol. The molecule has 0 N–H and O–H groups in total. The van der Waals surface area contributed by atoms with Gasteiger partial charge in [0.1, 0.15) is 5.60 Å². The van der Waals surface area contributed by atoms with Gasteiger partial charge in [0, 0.05) is 0 Å². The van der Waals surface area contributed by atoms with Gasteiger partial charge in [0.15, 0.2) is 0 Å². The van der Waals surface area contributed by atoms with Crippen LogP contribution in [0.1, 0.15) is 88.0 Å². The molecule has 0 atom stereocenters. The highest BCUT2D eigenvalue weighted by Crippen LogP contribution is 2.36. The minimum absolute atomic E-state index is 0. The molecule has 1 fully saturated rings. The fourth-order valence-electron chi connectivity index (χ4n) is 2.40. The lowest BCUT2D eigenvalue weighted by atomic mass is 9.78. The molecule has 0 radical (unpaired) electrons. The Kier molecular flexibility index (Phi) is 8.66. The second kappa shape index (κ2) is 7.91. The third-order valence-electron chi connectivity index (χ3n) is 4.38. The first-order chi connectivity index (χ1) is 7.79. The first-order valence-corrected chi connectivity index (χ1v) is 7.03. The van der Waals surface area contributed by atoms with Crippen LogP contribution in [0.5, 0.6) is 0 Å². The molecule has 1 aliphatic rings. The molecule has 1 saturated carbocycles. The normalized spacial score (nSPS) is 17.1. The van der Waals surface area contributed by atoms with Gasteiger partial charge in [0.05, 0.1) is 5.41 Å². The third kappa shape index (κ3) is 5.54. The fraction of sp³-hybridized carbons (Fsp3) is 0.941. The molecule has 2 nitrogen and oxygen atoms in total. The summed E-state index contributed by atoms with van der Waals surface area (Å²) in [7, 11) is 0. The van der Waals surface area contributed by atoms with Crippen molar-refractivity contribution in [2.45, 2.75) is 93.6 Å². The first-order valence-electron chi connectivity index (χ1n) is 7.03. The van der Waals surface area contributed by atoms with E-state index in [1.54, 1.807) is 0 Å². The molecule has 0 bridgehead atoms. The molecule has 0 aromatic carbocycles. The van der Waals surface area contributed by atoms with Gasteiger partial charge in [0.2, 0.25) is 0 Å². The van der Waals surface area contributed by atoms with Gasteiger partial charge in [-0.25, -0.2) is 0 Å². The van der Waals surface area contributed by atoms with E-state index in [2.05, 4.69) is 13.8 Å². The number of ether oxygens (including phenoxy) is 1. The van der Waals surface area contributed by atoms with E-state index in [9.17, 15) is 4.79 Å². The Morgan fingerprint density at radius 1 is 1.05 bits per heavy atom. The van der Waals surface area contributed by atoms with Gasteiger partial charge in [-0.15, -0.1) is 0 Å². The van der Waals surface area contributed by atoms with E-state index in [-0.39, 0.29) is 31.8 Å². The van der Waals surface area contributed by atoms with E-state index in [0.717, 1.165) is 6.42 Å². The van der Waals surface area contributed by atoms with Crippen molar-refractivity contribution in [1.29, 1.82) is 0 Å². The summed E-state index contributed by atoms with van der Waals surface area (Å²) < 4.78 is 5.79. The molecule has 1 aliphatic carbocycles. The van der Waals surface area contributed by atoms with Crippen molar-refractivity contribution in [2.75, 3.05) is 0 Å². The zero-order valence-corrected chi connectivity index (χ0v) is 12.1. The SMILES string of the molecule is C.C.CCC(C)(C)C(=O)OC(C)(C)C1CCCCC1. The number of carbonyl (C=O) groups excluding carboxylic acids is 1. The molecule has 0 aromatic heterocycles. The highest BCUT2D eigenvalue weighted by Gasteiger charge is 2.38. The standard InChI is InChI=1S/C15H28O2.2CH4/c1-6-14(2,3)13(16)17-15(4,5)12-10-8-7-9-11-12;;/h12H,6-11H2,1-5H3;2*1H4. The van der Waals surface area contributed by atoms with Crippen molar-refractivity contribution in [3.63, 3.8) is 0 Å². The summed E-state index contributed by atoms with van der Waals surface area (Å²) in [6.07, 6.45) is 7.12. The highest BCUT2D eigenvalue weighted by molar-refractivity contribution is 5.76. The predicted molar refractivity (Wildman–Crippen MR) is 84.3 cm³/mol. The highest BCUT2D eigenvalue weighted by atomic mass is 16.6. The number of hydrogen-bond acceptors (Lipinski definition) is 2. The summed E-state index contributed by atoms with van der Waals surface area (Å²) in [5.41, 5.74) is -0.657. The second-order valence-corrected chi connectivity index (χ2v) is 6.57. The summed E-state index contributed by atoms with van der Waals surface area (Å²) in [5.74, 6) is 0.489. The van der Waals surface area contributed by atoms with Crippen LogP contribution in [0.3, 0.4) is 0 Å². The Hall–Kier alpha value is -0.530. The fourth-order valence-corrected chi connectivity index (χ4v) is 2.40. The van der Waals surface area contributed by atoms with Crippen LogP contribution in [-0.2, 0) is 9.53 Å². The summed E-state index contributed by atoms with van der Waals surface area (Å²) in [4.78, 5) is 12.1. The number of esters is 1. The maximum absolute atomic E-state index is 12.1. The molecule has 116 valence electrons. The Morgan fingerprint density at radius 3 is 1.95 bits per heavy atom. The Labute approximate surface area is 121 Å². The quantitative estimate of drug-likeness (QED) is 0.623.